The van der Waals surface area contributed by atoms with Crippen LogP contribution in [0.5, 0.6) is 5.88 Å². The predicted molar refractivity (Wildman–Crippen MR) is 82.1 cm³/mol. The van der Waals surface area contributed by atoms with Crippen LogP contribution in [-0.2, 0) is 13.1 Å². The summed E-state index contributed by atoms with van der Waals surface area (Å²) in [6, 6.07) is 8.73. The molecule has 0 amide bonds. The second kappa shape index (κ2) is 7.14. The minimum absolute atomic E-state index is 0.0632. The SMILES string of the molecule is COc1ncccc1CNCc1cccc([N+](=O)[O-])c1Br. The van der Waals surface area contributed by atoms with Gasteiger partial charge in [0.15, 0.2) is 0 Å². The second-order valence-corrected chi connectivity index (χ2v) is 5.08. The summed E-state index contributed by atoms with van der Waals surface area (Å²) in [7, 11) is 1.57. The van der Waals surface area contributed by atoms with E-state index in [0.29, 0.717) is 23.4 Å². The van der Waals surface area contributed by atoms with E-state index >= 15 is 0 Å². The third-order valence-corrected chi connectivity index (χ3v) is 3.84. The fourth-order valence-electron chi connectivity index (χ4n) is 1.92. The Balaban J connectivity index is 2.04. The molecule has 1 N–H and O–H groups in total. The number of nitro benzene ring substituents is 1. The quantitative estimate of drug-likeness (QED) is 0.639. The average Bonchev–Trinajstić information content (AvgIpc) is 2.49. The predicted octanol–water partition coefficient (Wildman–Crippen LogP) is 3.05. The number of aromatic nitrogens is 1. The van der Waals surface area contributed by atoms with E-state index in [1.807, 2.05) is 18.2 Å². The molecule has 0 spiro atoms. The lowest BCUT2D eigenvalue weighted by atomic mass is 10.2. The van der Waals surface area contributed by atoms with Crippen LogP contribution in [0.1, 0.15) is 11.1 Å². The molecule has 0 fully saturated rings. The molecule has 0 aliphatic heterocycles. The van der Waals surface area contributed by atoms with Gasteiger partial charge in [-0.15, -0.1) is 0 Å². The first-order valence-electron chi connectivity index (χ1n) is 6.24. The van der Waals surface area contributed by atoms with Gasteiger partial charge >= 0.3 is 0 Å². The largest absolute Gasteiger partial charge is 0.481 e. The maximum absolute atomic E-state index is 10.9. The van der Waals surface area contributed by atoms with Gasteiger partial charge in [-0.2, -0.15) is 0 Å². The summed E-state index contributed by atoms with van der Waals surface area (Å²) in [5, 5.41) is 14.1. The van der Waals surface area contributed by atoms with E-state index < -0.39 is 4.92 Å². The molecule has 0 saturated carbocycles. The first-order chi connectivity index (χ1) is 10.1. The van der Waals surface area contributed by atoms with Crippen LogP contribution in [0, 0.1) is 10.1 Å². The number of ether oxygens (including phenoxy) is 1. The topological polar surface area (TPSA) is 77.3 Å². The van der Waals surface area contributed by atoms with Gasteiger partial charge in [-0.05, 0) is 27.6 Å². The summed E-state index contributed by atoms with van der Waals surface area (Å²) < 4.78 is 5.67. The fraction of sp³-hybridized carbons (Fsp3) is 0.214. The van der Waals surface area contributed by atoms with E-state index in [0.717, 1.165) is 11.1 Å². The molecule has 0 aliphatic rings. The van der Waals surface area contributed by atoms with Crippen molar-refractivity contribution < 1.29 is 9.66 Å². The Kier molecular flexibility index (Phi) is 5.24. The van der Waals surface area contributed by atoms with Gasteiger partial charge in [-0.25, -0.2) is 4.98 Å². The van der Waals surface area contributed by atoms with Crippen molar-refractivity contribution in [2.24, 2.45) is 0 Å². The van der Waals surface area contributed by atoms with Gasteiger partial charge in [0.1, 0.15) is 0 Å². The molecule has 1 aromatic heterocycles. The van der Waals surface area contributed by atoms with Crippen LogP contribution in [0.25, 0.3) is 0 Å². The lowest BCUT2D eigenvalue weighted by Gasteiger charge is -2.09. The maximum atomic E-state index is 10.9. The molecular formula is C14H14BrN3O3. The van der Waals surface area contributed by atoms with Crippen molar-refractivity contribution in [3.05, 3.63) is 62.2 Å². The highest BCUT2D eigenvalue weighted by atomic mass is 79.9. The Morgan fingerprint density at radius 2 is 2.00 bits per heavy atom. The van der Waals surface area contributed by atoms with Crippen LogP contribution in [0.4, 0.5) is 5.69 Å². The second-order valence-electron chi connectivity index (χ2n) is 4.28. The van der Waals surface area contributed by atoms with Crippen molar-refractivity contribution in [3.63, 3.8) is 0 Å². The van der Waals surface area contributed by atoms with E-state index in [4.69, 9.17) is 4.74 Å². The Morgan fingerprint density at radius 3 is 2.71 bits per heavy atom. The number of nitrogens with one attached hydrogen (secondary N) is 1. The maximum Gasteiger partial charge on any atom is 0.283 e. The molecule has 0 atom stereocenters. The average molecular weight is 352 g/mol. The van der Waals surface area contributed by atoms with Gasteiger partial charge in [0.25, 0.3) is 5.69 Å². The summed E-state index contributed by atoms with van der Waals surface area (Å²) in [6.07, 6.45) is 1.67. The molecule has 0 saturated heterocycles. The third-order valence-electron chi connectivity index (χ3n) is 2.93. The zero-order valence-electron chi connectivity index (χ0n) is 11.4. The molecule has 6 nitrogen and oxygen atoms in total. The van der Waals surface area contributed by atoms with E-state index in [-0.39, 0.29) is 5.69 Å². The van der Waals surface area contributed by atoms with Gasteiger partial charge in [-0.3, -0.25) is 10.1 Å². The first-order valence-corrected chi connectivity index (χ1v) is 7.03. The highest BCUT2D eigenvalue weighted by molar-refractivity contribution is 9.10. The van der Waals surface area contributed by atoms with Crippen molar-refractivity contribution in [1.82, 2.24) is 10.3 Å². The van der Waals surface area contributed by atoms with Gasteiger partial charge in [0.2, 0.25) is 5.88 Å². The molecule has 110 valence electrons. The summed E-state index contributed by atoms with van der Waals surface area (Å²) in [5.74, 6) is 0.572. The first kappa shape index (κ1) is 15.4. The number of nitrogens with zero attached hydrogens (tertiary/aromatic N) is 2. The van der Waals surface area contributed by atoms with Gasteiger partial charge < -0.3 is 10.1 Å². The Labute approximate surface area is 130 Å². The van der Waals surface area contributed by atoms with Crippen molar-refractivity contribution in [2.75, 3.05) is 7.11 Å². The summed E-state index contributed by atoms with van der Waals surface area (Å²) in [6.45, 7) is 1.06. The Morgan fingerprint density at radius 1 is 1.29 bits per heavy atom. The van der Waals surface area contributed by atoms with Crippen LogP contribution in [0.15, 0.2) is 41.0 Å². The normalized spacial score (nSPS) is 10.4. The standard InChI is InChI=1S/C14H14BrN3O3/c1-21-14-11(5-3-7-17-14)9-16-8-10-4-2-6-12(13(10)15)18(19)20/h2-7,16H,8-9H2,1H3. The number of hydrogen-bond acceptors (Lipinski definition) is 5. The zero-order chi connectivity index (χ0) is 15.2. The van der Waals surface area contributed by atoms with Crippen molar-refractivity contribution in [2.45, 2.75) is 13.1 Å². The van der Waals surface area contributed by atoms with E-state index in [2.05, 4.69) is 26.2 Å². The van der Waals surface area contributed by atoms with E-state index in [9.17, 15) is 10.1 Å². The molecule has 0 bridgehead atoms. The van der Waals surface area contributed by atoms with E-state index in [1.165, 1.54) is 6.07 Å². The Hall–Kier alpha value is -1.99. The zero-order valence-corrected chi connectivity index (χ0v) is 13.0. The van der Waals surface area contributed by atoms with Gasteiger partial charge in [-0.1, -0.05) is 18.2 Å². The lowest BCUT2D eigenvalue weighted by Crippen LogP contribution is -2.14. The molecule has 7 heteroatoms. The minimum atomic E-state index is -0.405. The molecular weight excluding hydrogens is 338 g/mol. The molecule has 0 radical (unpaired) electrons. The summed E-state index contributed by atoms with van der Waals surface area (Å²) in [5.41, 5.74) is 1.82. The summed E-state index contributed by atoms with van der Waals surface area (Å²) in [4.78, 5) is 14.6. The highest BCUT2D eigenvalue weighted by Gasteiger charge is 2.14. The number of rotatable bonds is 6. The molecule has 0 aliphatic carbocycles. The summed E-state index contributed by atoms with van der Waals surface area (Å²) >= 11 is 3.28. The minimum Gasteiger partial charge on any atom is -0.481 e. The highest BCUT2D eigenvalue weighted by Crippen LogP contribution is 2.28. The van der Waals surface area contributed by atoms with Crippen LogP contribution in [0.2, 0.25) is 0 Å². The Bertz CT molecular complexity index is 649. The van der Waals surface area contributed by atoms with Crippen molar-refractivity contribution >= 4 is 21.6 Å². The van der Waals surface area contributed by atoms with Crippen LogP contribution in [0.3, 0.4) is 0 Å². The molecule has 2 rings (SSSR count). The third kappa shape index (κ3) is 3.77. The van der Waals surface area contributed by atoms with E-state index in [1.54, 1.807) is 19.4 Å². The van der Waals surface area contributed by atoms with Crippen LogP contribution < -0.4 is 10.1 Å². The molecule has 0 unspecified atom stereocenters. The fourth-order valence-corrected chi connectivity index (χ4v) is 2.47. The van der Waals surface area contributed by atoms with Crippen molar-refractivity contribution in [1.29, 1.82) is 0 Å². The number of benzene rings is 1. The van der Waals surface area contributed by atoms with Crippen LogP contribution in [-0.4, -0.2) is 17.0 Å². The van der Waals surface area contributed by atoms with Crippen molar-refractivity contribution in [3.8, 4) is 5.88 Å². The number of nitro groups is 1. The van der Waals surface area contributed by atoms with Gasteiger partial charge in [0.05, 0.1) is 16.5 Å². The molecule has 2 aromatic rings. The smallest absolute Gasteiger partial charge is 0.283 e. The molecule has 1 aromatic carbocycles. The number of methoxy groups -OCH3 is 1. The molecule has 1 heterocycles. The molecule has 21 heavy (non-hydrogen) atoms. The number of pyridine rings is 1. The van der Waals surface area contributed by atoms with Crippen LogP contribution >= 0.6 is 15.9 Å². The lowest BCUT2D eigenvalue weighted by molar-refractivity contribution is -0.385. The van der Waals surface area contributed by atoms with Gasteiger partial charge in [0, 0.05) is 30.9 Å². The number of halogens is 1. The number of hydrogen-bond donors (Lipinski definition) is 1. The monoisotopic (exact) mass is 351 g/mol.